The molecule has 0 bridgehead atoms. The summed E-state index contributed by atoms with van der Waals surface area (Å²) in [4.78, 5) is 25.8. The van der Waals surface area contributed by atoms with Gasteiger partial charge in [0.05, 0.1) is 31.4 Å². The number of alkyl halides is 3. The predicted molar refractivity (Wildman–Crippen MR) is 141 cm³/mol. The molecule has 1 amide bonds. The van der Waals surface area contributed by atoms with Gasteiger partial charge in [0.1, 0.15) is 17.0 Å². The number of carbonyl (C=O) groups excluding carboxylic acids is 1. The summed E-state index contributed by atoms with van der Waals surface area (Å²) in [6.45, 7) is 3.18. The molecule has 2 aromatic heterocycles. The highest BCUT2D eigenvalue weighted by atomic mass is 32.2. The van der Waals surface area contributed by atoms with Crippen LogP contribution in [0.25, 0.3) is 10.2 Å². The summed E-state index contributed by atoms with van der Waals surface area (Å²) in [5.41, 5.74) is 1.17. The van der Waals surface area contributed by atoms with E-state index in [9.17, 15) is 26.4 Å². The zero-order valence-electron chi connectivity index (χ0n) is 20.9. The highest BCUT2D eigenvalue weighted by Gasteiger charge is 2.30. The SMILES string of the molecule is O=C(Cc1ccc(NS(=O)(=O)N2CCOCC2)cc1)N1CCN(c2ncnc3sc(CC(F)(F)F)cc23)CC1. The lowest BCUT2D eigenvalue weighted by atomic mass is 10.1. The second-order valence-corrected chi connectivity index (χ2v) is 12.1. The molecular formula is C24H27F3N6O4S2. The monoisotopic (exact) mass is 584 g/mol. The zero-order chi connectivity index (χ0) is 27.6. The van der Waals surface area contributed by atoms with Crippen molar-refractivity contribution in [1.29, 1.82) is 0 Å². The number of piperazine rings is 1. The van der Waals surface area contributed by atoms with Crippen molar-refractivity contribution in [1.82, 2.24) is 19.2 Å². The van der Waals surface area contributed by atoms with Crippen LogP contribution in [0.4, 0.5) is 24.7 Å². The maximum Gasteiger partial charge on any atom is 0.393 e. The average Bonchev–Trinajstić information content (AvgIpc) is 3.31. The summed E-state index contributed by atoms with van der Waals surface area (Å²) in [6.07, 6.45) is -3.78. The normalized spacial score (nSPS) is 17.5. The maximum atomic E-state index is 12.9. The van der Waals surface area contributed by atoms with Crippen molar-refractivity contribution in [3.63, 3.8) is 0 Å². The van der Waals surface area contributed by atoms with Gasteiger partial charge in [-0.25, -0.2) is 9.97 Å². The molecule has 1 N–H and O–H groups in total. The number of hydrogen-bond donors (Lipinski definition) is 1. The molecule has 39 heavy (non-hydrogen) atoms. The smallest absolute Gasteiger partial charge is 0.379 e. The van der Waals surface area contributed by atoms with E-state index in [1.54, 1.807) is 29.2 Å². The number of thiophene rings is 1. The molecule has 3 aromatic rings. The third-order valence-corrected chi connectivity index (χ3v) is 9.11. The van der Waals surface area contributed by atoms with Crippen molar-refractivity contribution in [3.8, 4) is 0 Å². The van der Waals surface area contributed by atoms with Gasteiger partial charge in [-0.05, 0) is 23.8 Å². The van der Waals surface area contributed by atoms with Crippen molar-refractivity contribution in [2.45, 2.75) is 19.0 Å². The topological polar surface area (TPSA) is 108 Å². The number of hydrogen-bond acceptors (Lipinski definition) is 8. The molecule has 0 spiro atoms. The number of nitrogens with zero attached hydrogens (tertiary/aromatic N) is 5. The van der Waals surface area contributed by atoms with Crippen molar-refractivity contribution in [2.75, 3.05) is 62.1 Å². The maximum absolute atomic E-state index is 12.9. The molecule has 0 atom stereocenters. The second-order valence-electron chi connectivity index (χ2n) is 9.28. The molecule has 10 nitrogen and oxygen atoms in total. The Balaban J connectivity index is 1.16. The first-order chi connectivity index (χ1) is 18.6. The first-order valence-corrected chi connectivity index (χ1v) is 14.6. The Morgan fingerprint density at radius 3 is 2.38 bits per heavy atom. The predicted octanol–water partition coefficient (Wildman–Crippen LogP) is 2.68. The number of ether oxygens (including phenoxy) is 1. The highest BCUT2D eigenvalue weighted by molar-refractivity contribution is 7.90. The second kappa shape index (κ2) is 11.2. The lowest BCUT2D eigenvalue weighted by molar-refractivity contribution is -0.130. The summed E-state index contributed by atoms with van der Waals surface area (Å²) in [6, 6.07) is 8.21. The lowest BCUT2D eigenvalue weighted by Gasteiger charge is -2.35. The van der Waals surface area contributed by atoms with Crippen LogP contribution in [0.3, 0.4) is 0 Å². The number of morpholine rings is 1. The largest absolute Gasteiger partial charge is 0.393 e. The summed E-state index contributed by atoms with van der Waals surface area (Å²) >= 11 is 1.01. The summed E-state index contributed by atoms with van der Waals surface area (Å²) in [5.74, 6) is 0.513. The molecule has 2 aliphatic heterocycles. The minimum absolute atomic E-state index is 0.0628. The summed E-state index contributed by atoms with van der Waals surface area (Å²) in [7, 11) is -3.67. The van der Waals surface area contributed by atoms with E-state index in [0.29, 0.717) is 74.2 Å². The minimum atomic E-state index is -4.29. The Kier molecular flexibility index (Phi) is 7.94. The lowest BCUT2D eigenvalue weighted by Crippen LogP contribution is -2.49. The Bertz CT molecular complexity index is 1420. The molecule has 15 heteroatoms. The van der Waals surface area contributed by atoms with Crippen LogP contribution < -0.4 is 9.62 Å². The molecule has 0 unspecified atom stereocenters. The van der Waals surface area contributed by atoms with Crippen LogP contribution in [-0.2, 0) is 32.6 Å². The van der Waals surface area contributed by atoms with Gasteiger partial charge in [0.2, 0.25) is 5.91 Å². The van der Waals surface area contributed by atoms with Crippen molar-refractivity contribution < 1.29 is 31.1 Å². The Hall–Kier alpha value is -3.01. The van der Waals surface area contributed by atoms with E-state index in [1.807, 2.05) is 4.90 Å². The number of anilines is 2. The van der Waals surface area contributed by atoms with Crippen molar-refractivity contribution in [3.05, 3.63) is 47.1 Å². The molecule has 2 aliphatic rings. The van der Waals surface area contributed by atoms with Gasteiger partial charge in [-0.1, -0.05) is 12.1 Å². The van der Waals surface area contributed by atoms with Crippen LogP contribution >= 0.6 is 11.3 Å². The number of rotatable bonds is 7. The third-order valence-electron chi connectivity index (χ3n) is 6.53. The van der Waals surface area contributed by atoms with E-state index in [-0.39, 0.29) is 17.2 Å². The molecule has 210 valence electrons. The molecule has 1 aromatic carbocycles. The van der Waals surface area contributed by atoms with Crippen molar-refractivity contribution in [2.24, 2.45) is 0 Å². The molecular weight excluding hydrogens is 557 g/mol. The average molecular weight is 585 g/mol. The van der Waals surface area contributed by atoms with Gasteiger partial charge in [-0.3, -0.25) is 9.52 Å². The van der Waals surface area contributed by atoms with Crippen LogP contribution in [0, 0.1) is 0 Å². The quantitative estimate of drug-likeness (QED) is 0.455. The fourth-order valence-electron chi connectivity index (χ4n) is 4.57. The third kappa shape index (κ3) is 6.77. The van der Waals surface area contributed by atoms with Gasteiger partial charge in [-0.2, -0.15) is 25.9 Å². The van der Waals surface area contributed by atoms with Gasteiger partial charge in [0.15, 0.2) is 0 Å². The molecule has 0 saturated carbocycles. The van der Waals surface area contributed by atoms with Gasteiger partial charge < -0.3 is 14.5 Å². The molecule has 5 rings (SSSR count). The van der Waals surface area contributed by atoms with Crippen LogP contribution in [-0.4, -0.2) is 92.2 Å². The molecule has 2 saturated heterocycles. The highest BCUT2D eigenvalue weighted by Crippen LogP contribution is 2.34. The first kappa shape index (κ1) is 27.6. The number of benzene rings is 1. The van der Waals surface area contributed by atoms with E-state index in [4.69, 9.17) is 4.74 Å². The van der Waals surface area contributed by atoms with Crippen LogP contribution in [0.15, 0.2) is 36.7 Å². The number of halogens is 3. The van der Waals surface area contributed by atoms with E-state index in [2.05, 4.69) is 14.7 Å². The van der Waals surface area contributed by atoms with Crippen LogP contribution in [0.2, 0.25) is 0 Å². The Morgan fingerprint density at radius 2 is 1.72 bits per heavy atom. The van der Waals surface area contributed by atoms with Gasteiger partial charge in [0.25, 0.3) is 0 Å². The van der Waals surface area contributed by atoms with E-state index >= 15 is 0 Å². The number of aromatic nitrogens is 2. The summed E-state index contributed by atoms with van der Waals surface area (Å²) < 4.78 is 72.7. The molecule has 4 heterocycles. The fraction of sp³-hybridized carbons (Fsp3) is 0.458. The summed E-state index contributed by atoms with van der Waals surface area (Å²) in [5, 5.41) is 0.589. The van der Waals surface area contributed by atoms with E-state index < -0.39 is 22.8 Å². The first-order valence-electron chi connectivity index (χ1n) is 12.3. The fourth-order valence-corrected chi connectivity index (χ4v) is 6.79. The van der Waals surface area contributed by atoms with Crippen LogP contribution in [0.1, 0.15) is 10.4 Å². The number of carbonyl (C=O) groups is 1. The van der Waals surface area contributed by atoms with Gasteiger partial charge in [-0.15, -0.1) is 11.3 Å². The van der Waals surface area contributed by atoms with E-state index in [1.165, 1.54) is 16.7 Å². The van der Waals surface area contributed by atoms with E-state index in [0.717, 1.165) is 16.9 Å². The standard InChI is InChI=1S/C24H27F3N6O4S2/c25-24(26,27)15-19-14-20-22(28-16-29-23(20)38-19)32-7-5-31(6-8-32)21(34)13-17-1-3-18(4-2-17)30-39(35,36)33-9-11-37-12-10-33/h1-4,14,16,30H,5-13,15H2. The molecule has 0 aliphatic carbocycles. The van der Waals surface area contributed by atoms with Gasteiger partial charge in [0, 0.05) is 49.8 Å². The number of amides is 1. The van der Waals surface area contributed by atoms with Gasteiger partial charge >= 0.3 is 16.4 Å². The number of fused-ring (bicyclic) bond motifs is 1. The number of nitrogens with one attached hydrogen (secondary N) is 1. The Labute approximate surface area is 227 Å². The zero-order valence-corrected chi connectivity index (χ0v) is 22.5. The molecule has 2 fully saturated rings. The van der Waals surface area contributed by atoms with Crippen molar-refractivity contribution >= 4 is 49.2 Å². The Morgan fingerprint density at radius 1 is 1.03 bits per heavy atom. The van der Waals surface area contributed by atoms with Crippen LogP contribution in [0.5, 0.6) is 0 Å². The minimum Gasteiger partial charge on any atom is -0.379 e. The molecule has 0 radical (unpaired) electrons.